The van der Waals surface area contributed by atoms with E-state index in [1.54, 1.807) is 6.08 Å². The van der Waals surface area contributed by atoms with Crippen molar-refractivity contribution in [3.8, 4) is 0 Å². The molecule has 1 saturated heterocycles. The van der Waals surface area contributed by atoms with Crippen LogP contribution in [-0.2, 0) is 50.1 Å². The van der Waals surface area contributed by atoms with E-state index in [1.165, 1.54) is 0 Å². The molecule has 5 atom stereocenters. The van der Waals surface area contributed by atoms with Gasteiger partial charge < -0.3 is 28.8 Å². The average molecular weight is 609 g/mol. The molecule has 5 rings (SSSR count). The zero-order valence-electron chi connectivity index (χ0n) is 25.7. The highest BCUT2D eigenvalue weighted by Crippen LogP contribution is 2.33. The first kappa shape index (κ1) is 32.8. The molecule has 236 valence electrons. The van der Waals surface area contributed by atoms with E-state index >= 15 is 0 Å². The van der Waals surface area contributed by atoms with E-state index in [0.29, 0.717) is 39.5 Å². The van der Waals surface area contributed by atoms with Crippen molar-refractivity contribution < 1.29 is 28.8 Å². The van der Waals surface area contributed by atoms with Crippen molar-refractivity contribution >= 4 is 0 Å². The molecule has 0 amide bonds. The summed E-state index contributed by atoms with van der Waals surface area (Å²) < 4.78 is 33.3. The van der Waals surface area contributed by atoms with Crippen LogP contribution in [-0.4, -0.2) is 48.8 Å². The minimum atomic E-state index is -0.449. The van der Waals surface area contributed by atoms with Gasteiger partial charge in [-0.15, -0.1) is 0 Å². The molecule has 45 heavy (non-hydrogen) atoms. The largest absolute Gasteiger partial charge is 0.392 e. The summed E-state index contributed by atoms with van der Waals surface area (Å²) in [5.41, 5.74) is 4.32. The number of benzene rings is 4. The summed E-state index contributed by atoms with van der Waals surface area (Å²) in [6.45, 7) is 2.06. The highest BCUT2D eigenvalue weighted by Gasteiger charge is 2.48. The van der Waals surface area contributed by atoms with Crippen LogP contribution < -0.4 is 0 Å². The molecule has 0 bridgehead atoms. The molecular formula is C39H44O6. The van der Waals surface area contributed by atoms with Crippen molar-refractivity contribution in [3.05, 3.63) is 156 Å². The normalized spacial score (nSPS) is 21.7. The molecule has 0 spiro atoms. The molecule has 0 saturated carbocycles. The van der Waals surface area contributed by atoms with E-state index < -0.39 is 18.3 Å². The maximum absolute atomic E-state index is 9.31. The number of aliphatic hydroxyl groups is 1. The molecule has 4 aromatic carbocycles. The Labute approximate surface area is 267 Å². The second-order valence-corrected chi connectivity index (χ2v) is 11.2. The number of hydrogen-bond donors (Lipinski definition) is 1. The number of hydrogen-bond acceptors (Lipinski definition) is 6. The average Bonchev–Trinajstić information content (AvgIpc) is 3.10. The Morgan fingerprint density at radius 3 is 1.40 bits per heavy atom. The Hall–Kier alpha value is -3.62. The van der Waals surface area contributed by atoms with E-state index in [9.17, 15) is 5.11 Å². The molecule has 1 aliphatic rings. The van der Waals surface area contributed by atoms with Crippen LogP contribution in [0.25, 0.3) is 0 Å². The maximum atomic E-state index is 9.31. The number of aliphatic hydroxyl groups excluding tert-OH is 1. The van der Waals surface area contributed by atoms with Crippen molar-refractivity contribution in [2.75, 3.05) is 13.2 Å². The number of allylic oxidation sites excluding steroid dienone is 1. The van der Waals surface area contributed by atoms with Crippen LogP contribution in [0, 0.1) is 0 Å². The molecule has 1 heterocycles. The number of ether oxygens (including phenoxy) is 5. The zero-order chi connectivity index (χ0) is 30.9. The first-order valence-electron chi connectivity index (χ1n) is 15.8. The molecule has 0 radical (unpaired) electrons. The summed E-state index contributed by atoms with van der Waals surface area (Å²) in [7, 11) is 0. The third-order valence-corrected chi connectivity index (χ3v) is 7.87. The fraction of sp³-hybridized carbons (Fsp3) is 0.333. The fourth-order valence-electron chi connectivity index (χ4n) is 5.57. The maximum Gasteiger partial charge on any atom is 0.115 e. The van der Waals surface area contributed by atoms with Gasteiger partial charge in [-0.3, -0.25) is 0 Å². The summed E-state index contributed by atoms with van der Waals surface area (Å²) >= 11 is 0. The highest BCUT2D eigenvalue weighted by atomic mass is 16.6. The van der Waals surface area contributed by atoms with Gasteiger partial charge in [0.05, 0.1) is 45.7 Å². The van der Waals surface area contributed by atoms with E-state index in [4.69, 9.17) is 23.7 Å². The Morgan fingerprint density at radius 1 is 0.511 bits per heavy atom. The van der Waals surface area contributed by atoms with Crippen LogP contribution >= 0.6 is 0 Å². The van der Waals surface area contributed by atoms with Gasteiger partial charge in [-0.25, -0.2) is 0 Å². The van der Waals surface area contributed by atoms with Gasteiger partial charge in [0.2, 0.25) is 0 Å². The monoisotopic (exact) mass is 608 g/mol. The Bertz CT molecular complexity index is 1370. The molecule has 2 unspecified atom stereocenters. The van der Waals surface area contributed by atoms with Gasteiger partial charge in [-0.1, -0.05) is 133 Å². The third-order valence-electron chi connectivity index (χ3n) is 7.87. The first-order valence-corrected chi connectivity index (χ1v) is 15.8. The van der Waals surface area contributed by atoms with Gasteiger partial charge in [-0.2, -0.15) is 0 Å². The first-order chi connectivity index (χ1) is 22.3. The van der Waals surface area contributed by atoms with Crippen molar-refractivity contribution in [2.24, 2.45) is 0 Å². The van der Waals surface area contributed by atoms with Crippen LogP contribution in [0.4, 0.5) is 0 Å². The SMILES string of the molecule is OCC=CCC[C@H]1OC(COCc2ccccc2)[C@H](OCc2ccccc2)[C@H](OCc2ccccc2)C1OCc1ccccc1. The summed E-state index contributed by atoms with van der Waals surface area (Å²) in [6, 6.07) is 40.6. The van der Waals surface area contributed by atoms with E-state index in [0.717, 1.165) is 28.7 Å². The quantitative estimate of drug-likeness (QED) is 0.130. The van der Waals surface area contributed by atoms with Crippen molar-refractivity contribution in [1.29, 1.82) is 0 Å². The third kappa shape index (κ3) is 10.5. The molecule has 0 aliphatic carbocycles. The van der Waals surface area contributed by atoms with E-state index in [-0.39, 0.29) is 18.8 Å². The van der Waals surface area contributed by atoms with E-state index in [2.05, 4.69) is 48.5 Å². The summed E-state index contributed by atoms with van der Waals surface area (Å²) in [4.78, 5) is 0. The summed E-state index contributed by atoms with van der Waals surface area (Å²) in [5, 5.41) is 9.31. The molecule has 1 N–H and O–H groups in total. The van der Waals surface area contributed by atoms with E-state index in [1.807, 2.05) is 78.9 Å². The van der Waals surface area contributed by atoms with Crippen molar-refractivity contribution in [1.82, 2.24) is 0 Å². The lowest BCUT2D eigenvalue weighted by atomic mass is 9.91. The smallest absolute Gasteiger partial charge is 0.115 e. The Kier molecular flexibility index (Phi) is 13.4. The predicted molar refractivity (Wildman–Crippen MR) is 175 cm³/mol. The Morgan fingerprint density at radius 2 is 0.933 bits per heavy atom. The van der Waals surface area contributed by atoms with Crippen LogP contribution in [0.15, 0.2) is 133 Å². The lowest BCUT2D eigenvalue weighted by Crippen LogP contribution is -2.61. The van der Waals surface area contributed by atoms with Crippen LogP contribution in [0.2, 0.25) is 0 Å². The van der Waals surface area contributed by atoms with Gasteiger partial charge in [0.15, 0.2) is 0 Å². The second-order valence-electron chi connectivity index (χ2n) is 11.2. The molecule has 6 nitrogen and oxygen atoms in total. The van der Waals surface area contributed by atoms with Crippen LogP contribution in [0.5, 0.6) is 0 Å². The van der Waals surface area contributed by atoms with Gasteiger partial charge in [0.25, 0.3) is 0 Å². The van der Waals surface area contributed by atoms with Gasteiger partial charge in [0, 0.05) is 0 Å². The summed E-state index contributed by atoms with van der Waals surface area (Å²) in [6.07, 6.45) is 3.23. The van der Waals surface area contributed by atoms with Gasteiger partial charge in [0.1, 0.15) is 24.4 Å². The standard InChI is InChI=1S/C39H44O6/c40-25-15-5-14-24-35-37(42-27-32-18-8-2-9-19-32)39(44-29-34-22-12-4-13-23-34)38(43-28-33-20-10-3-11-21-33)36(45-35)30-41-26-31-16-6-1-7-17-31/h1-13,15-23,35-40H,14,24-30H2/t35-,36?,37?,38+,39-/m1/s1. The lowest BCUT2D eigenvalue weighted by molar-refractivity contribution is -0.273. The van der Waals surface area contributed by atoms with Crippen molar-refractivity contribution in [3.63, 3.8) is 0 Å². The lowest BCUT2D eigenvalue weighted by Gasteiger charge is -2.46. The molecular weight excluding hydrogens is 564 g/mol. The second kappa shape index (κ2) is 18.4. The van der Waals surface area contributed by atoms with Crippen LogP contribution in [0.3, 0.4) is 0 Å². The van der Waals surface area contributed by atoms with Gasteiger partial charge in [-0.05, 0) is 35.1 Å². The molecule has 4 aromatic rings. The topological polar surface area (TPSA) is 66.4 Å². The minimum absolute atomic E-state index is 0.00756. The number of rotatable bonds is 17. The van der Waals surface area contributed by atoms with Gasteiger partial charge >= 0.3 is 0 Å². The fourth-order valence-corrected chi connectivity index (χ4v) is 5.57. The summed E-state index contributed by atoms with van der Waals surface area (Å²) in [5.74, 6) is 0. The van der Waals surface area contributed by atoms with Crippen LogP contribution in [0.1, 0.15) is 35.1 Å². The highest BCUT2D eigenvalue weighted by molar-refractivity contribution is 5.16. The molecule has 6 heteroatoms. The molecule has 1 aliphatic heterocycles. The van der Waals surface area contributed by atoms with Crippen molar-refractivity contribution in [2.45, 2.75) is 69.8 Å². The predicted octanol–water partition coefficient (Wildman–Crippen LogP) is 7.06. The minimum Gasteiger partial charge on any atom is -0.392 e. The molecule has 0 aromatic heterocycles. The Balaban J connectivity index is 1.42. The molecule has 1 fully saturated rings. The zero-order valence-corrected chi connectivity index (χ0v) is 25.7.